The van der Waals surface area contributed by atoms with Crippen molar-refractivity contribution in [2.24, 2.45) is 0 Å². The van der Waals surface area contributed by atoms with Crippen molar-refractivity contribution in [3.8, 4) is 0 Å². The average molecular weight is 355 g/mol. The topological polar surface area (TPSA) is 72.3 Å². The van der Waals surface area contributed by atoms with Crippen LogP contribution in [0.1, 0.15) is 31.2 Å². The van der Waals surface area contributed by atoms with Crippen LogP contribution in [-0.4, -0.2) is 57.4 Å². The van der Waals surface area contributed by atoms with Crippen LogP contribution in [-0.2, 0) is 16.1 Å². The Morgan fingerprint density at radius 3 is 2.85 bits per heavy atom. The van der Waals surface area contributed by atoms with Crippen molar-refractivity contribution < 1.29 is 9.53 Å². The number of ether oxygens (including phenoxy) is 1. The van der Waals surface area contributed by atoms with Gasteiger partial charge in [-0.05, 0) is 30.5 Å². The van der Waals surface area contributed by atoms with Gasteiger partial charge in [-0.15, -0.1) is 0 Å². The number of carbonyl (C=O) groups is 1. The van der Waals surface area contributed by atoms with Crippen molar-refractivity contribution in [1.82, 2.24) is 19.7 Å². The maximum atomic E-state index is 12.8. The molecule has 2 aromatic heterocycles. The maximum Gasteiger partial charge on any atom is 0.245 e. The van der Waals surface area contributed by atoms with Crippen molar-refractivity contribution in [2.45, 2.75) is 44.3 Å². The number of nitrogens with one attached hydrogen (secondary N) is 1. The lowest BCUT2D eigenvalue weighted by atomic mass is 10.1. The van der Waals surface area contributed by atoms with E-state index in [1.165, 1.54) is 25.7 Å². The van der Waals surface area contributed by atoms with Crippen LogP contribution in [0.15, 0.2) is 36.8 Å². The van der Waals surface area contributed by atoms with E-state index < -0.39 is 0 Å². The highest BCUT2D eigenvalue weighted by molar-refractivity contribution is 5.94. The summed E-state index contributed by atoms with van der Waals surface area (Å²) < 4.78 is 7.40. The van der Waals surface area contributed by atoms with Crippen LogP contribution in [0.2, 0.25) is 0 Å². The van der Waals surface area contributed by atoms with Crippen LogP contribution in [0.25, 0.3) is 0 Å². The number of anilines is 1. The summed E-state index contributed by atoms with van der Waals surface area (Å²) in [4.78, 5) is 19.2. The fourth-order valence-corrected chi connectivity index (χ4v) is 3.92. The molecule has 2 aliphatic rings. The van der Waals surface area contributed by atoms with Gasteiger partial charge in [0.2, 0.25) is 5.91 Å². The van der Waals surface area contributed by atoms with Crippen LogP contribution in [0, 0.1) is 0 Å². The Morgan fingerprint density at radius 1 is 1.23 bits per heavy atom. The predicted molar refractivity (Wildman–Crippen MR) is 97.8 cm³/mol. The first-order chi connectivity index (χ1) is 12.8. The first-order valence-corrected chi connectivity index (χ1v) is 9.36. The first-order valence-electron chi connectivity index (χ1n) is 9.36. The lowest BCUT2D eigenvalue weighted by Gasteiger charge is -2.38. The third-order valence-corrected chi connectivity index (χ3v) is 5.25. The molecular formula is C19H25N5O2. The predicted octanol–water partition coefficient (Wildman–Crippen LogP) is 1.91. The molecule has 2 aromatic rings. The second-order valence-electron chi connectivity index (χ2n) is 7.01. The number of carbonyl (C=O) groups excluding carboxylic acids is 1. The van der Waals surface area contributed by atoms with E-state index in [1.54, 1.807) is 12.4 Å². The summed E-state index contributed by atoms with van der Waals surface area (Å²) >= 11 is 0. The molecule has 1 aliphatic heterocycles. The molecule has 0 spiro atoms. The molecule has 7 nitrogen and oxygen atoms in total. The number of morpholine rings is 1. The zero-order chi connectivity index (χ0) is 17.8. The van der Waals surface area contributed by atoms with Crippen LogP contribution < -0.4 is 5.32 Å². The number of nitrogens with zero attached hydrogens (tertiary/aromatic N) is 4. The molecule has 4 rings (SSSR count). The van der Waals surface area contributed by atoms with E-state index >= 15 is 0 Å². The van der Waals surface area contributed by atoms with E-state index in [-0.39, 0.29) is 11.9 Å². The fraction of sp³-hybridized carbons (Fsp3) is 0.526. The number of pyridine rings is 1. The molecule has 1 saturated heterocycles. The summed E-state index contributed by atoms with van der Waals surface area (Å²) in [5.74, 6) is 0.562. The van der Waals surface area contributed by atoms with E-state index in [9.17, 15) is 4.79 Å². The molecule has 0 aromatic carbocycles. The molecule has 1 atom stereocenters. The van der Waals surface area contributed by atoms with Gasteiger partial charge in [0, 0.05) is 37.2 Å². The summed E-state index contributed by atoms with van der Waals surface area (Å²) in [5.41, 5.74) is 1.12. The monoisotopic (exact) mass is 355 g/mol. The highest BCUT2D eigenvalue weighted by Crippen LogP contribution is 2.26. The molecule has 26 heavy (non-hydrogen) atoms. The number of hydrogen-bond acceptors (Lipinski definition) is 5. The van der Waals surface area contributed by atoms with Gasteiger partial charge in [-0.3, -0.25) is 19.4 Å². The minimum atomic E-state index is -0.225. The molecule has 1 N–H and O–H groups in total. The number of amides is 1. The van der Waals surface area contributed by atoms with Gasteiger partial charge in [-0.1, -0.05) is 12.8 Å². The molecule has 1 aliphatic carbocycles. The molecule has 1 saturated carbocycles. The molecular weight excluding hydrogens is 330 g/mol. The second-order valence-corrected chi connectivity index (χ2v) is 7.01. The van der Waals surface area contributed by atoms with Crippen LogP contribution in [0.3, 0.4) is 0 Å². The van der Waals surface area contributed by atoms with Gasteiger partial charge in [-0.25, -0.2) is 0 Å². The molecule has 0 bridgehead atoms. The summed E-state index contributed by atoms with van der Waals surface area (Å²) in [6.07, 6.45) is 10.3. The van der Waals surface area contributed by atoms with E-state index in [0.717, 1.165) is 12.1 Å². The second kappa shape index (κ2) is 7.97. The fourth-order valence-electron chi connectivity index (χ4n) is 3.92. The smallest absolute Gasteiger partial charge is 0.245 e. The summed E-state index contributed by atoms with van der Waals surface area (Å²) in [6, 6.07) is 6.04. The van der Waals surface area contributed by atoms with Gasteiger partial charge in [0.1, 0.15) is 6.04 Å². The molecule has 1 amide bonds. The highest BCUT2D eigenvalue weighted by atomic mass is 16.5. The molecule has 1 unspecified atom stereocenters. The number of aromatic nitrogens is 3. The van der Waals surface area contributed by atoms with Gasteiger partial charge in [0.05, 0.1) is 19.8 Å². The zero-order valence-corrected chi connectivity index (χ0v) is 14.9. The highest BCUT2D eigenvalue weighted by Gasteiger charge is 2.35. The Labute approximate surface area is 153 Å². The standard InChI is InChI=1S/C19H25N5O2/c25-19(17-14-26-12-11-24(17)16-3-1-2-4-16)21-18-7-10-23(22-18)13-15-5-8-20-9-6-15/h5-10,16-17H,1-4,11-14H2,(H,21,22,25). The Bertz CT molecular complexity index is 727. The minimum Gasteiger partial charge on any atom is -0.378 e. The van der Waals surface area contributed by atoms with Gasteiger partial charge < -0.3 is 10.1 Å². The third-order valence-electron chi connectivity index (χ3n) is 5.25. The summed E-state index contributed by atoms with van der Waals surface area (Å²) in [7, 11) is 0. The van der Waals surface area contributed by atoms with Crippen LogP contribution in [0.4, 0.5) is 5.82 Å². The van der Waals surface area contributed by atoms with E-state index in [0.29, 0.717) is 31.6 Å². The molecule has 3 heterocycles. The Morgan fingerprint density at radius 2 is 2.04 bits per heavy atom. The molecule has 138 valence electrons. The van der Waals surface area contributed by atoms with E-state index in [2.05, 4.69) is 20.3 Å². The van der Waals surface area contributed by atoms with Crippen LogP contribution >= 0.6 is 0 Å². The Kier molecular flexibility index (Phi) is 5.26. The molecule has 2 fully saturated rings. The first kappa shape index (κ1) is 17.2. The van der Waals surface area contributed by atoms with Crippen molar-refractivity contribution in [1.29, 1.82) is 0 Å². The summed E-state index contributed by atoms with van der Waals surface area (Å²) in [5, 5.41) is 7.43. The SMILES string of the molecule is O=C(Nc1ccn(Cc2ccncc2)n1)C1COCCN1C1CCCC1. The zero-order valence-electron chi connectivity index (χ0n) is 14.9. The van der Waals surface area contributed by atoms with Crippen LogP contribution in [0.5, 0.6) is 0 Å². The lowest BCUT2D eigenvalue weighted by Crippen LogP contribution is -2.55. The largest absolute Gasteiger partial charge is 0.378 e. The van der Waals surface area contributed by atoms with Crippen molar-refractivity contribution in [2.75, 3.05) is 25.1 Å². The third kappa shape index (κ3) is 3.94. The van der Waals surface area contributed by atoms with Crippen molar-refractivity contribution in [3.63, 3.8) is 0 Å². The normalized spacial score (nSPS) is 21.8. The minimum absolute atomic E-state index is 0.0224. The van der Waals surface area contributed by atoms with Crippen molar-refractivity contribution >= 4 is 11.7 Å². The molecule has 0 radical (unpaired) electrons. The van der Waals surface area contributed by atoms with E-state index in [1.807, 2.05) is 29.1 Å². The average Bonchev–Trinajstić information content (AvgIpc) is 3.35. The van der Waals surface area contributed by atoms with Gasteiger partial charge in [-0.2, -0.15) is 5.10 Å². The quantitative estimate of drug-likeness (QED) is 0.887. The number of rotatable bonds is 5. The summed E-state index contributed by atoms with van der Waals surface area (Å²) in [6.45, 7) is 2.65. The van der Waals surface area contributed by atoms with Gasteiger partial charge >= 0.3 is 0 Å². The van der Waals surface area contributed by atoms with Crippen molar-refractivity contribution in [3.05, 3.63) is 42.4 Å². The van der Waals surface area contributed by atoms with Gasteiger partial charge in [0.15, 0.2) is 5.82 Å². The lowest BCUT2D eigenvalue weighted by molar-refractivity contribution is -0.129. The van der Waals surface area contributed by atoms with Gasteiger partial charge in [0.25, 0.3) is 0 Å². The molecule has 7 heteroatoms. The Hall–Kier alpha value is -2.25. The number of hydrogen-bond donors (Lipinski definition) is 1. The van der Waals surface area contributed by atoms with E-state index in [4.69, 9.17) is 4.74 Å². The Balaban J connectivity index is 1.39. The maximum absolute atomic E-state index is 12.8.